The number of carbonyl (C=O) groups is 2. The van der Waals surface area contributed by atoms with E-state index in [0.717, 1.165) is 60.0 Å². The molecule has 11 heteroatoms. The highest BCUT2D eigenvalue weighted by atomic mass is 35.5. The van der Waals surface area contributed by atoms with Crippen molar-refractivity contribution in [1.29, 1.82) is 0 Å². The van der Waals surface area contributed by atoms with Crippen molar-refractivity contribution in [2.24, 2.45) is 0 Å². The normalized spacial score (nSPS) is 20.4. The monoisotopic (exact) mass is 685 g/mol. The molecule has 0 bridgehead atoms. The number of halogens is 2. The van der Waals surface area contributed by atoms with Gasteiger partial charge in [0.05, 0.1) is 35.1 Å². The molecule has 0 unspecified atom stereocenters. The van der Waals surface area contributed by atoms with E-state index >= 15 is 0 Å². The van der Waals surface area contributed by atoms with E-state index in [2.05, 4.69) is 34.1 Å². The van der Waals surface area contributed by atoms with Crippen LogP contribution in [-0.2, 0) is 27.3 Å². The second kappa shape index (κ2) is 14.2. The lowest BCUT2D eigenvalue weighted by atomic mass is 9.86. The molecule has 2 aromatic heterocycles. The molecule has 3 aliphatic rings. The summed E-state index contributed by atoms with van der Waals surface area (Å²) in [7, 11) is 1.57. The van der Waals surface area contributed by atoms with Crippen LogP contribution in [0, 0.1) is 0 Å². The number of amides is 1. The first-order chi connectivity index (χ1) is 23.4. The molecule has 4 heterocycles. The summed E-state index contributed by atoms with van der Waals surface area (Å²) < 4.78 is 10.7. The number of nitrogens with one attached hydrogen (secondary N) is 3. The fourth-order valence-corrected chi connectivity index (χ4v) is 7.57. The van der Waals surface area contributed by atoms with Crippen molar-refractivity contribution in [3.63, 3.8) is 0 Å². The number of nitrogens with zero attached hydrogens (tertiary/aromatic N) is 2. The van der Waals surface area contributed by atoms with Crippen LogP contribution in [0.25, 0.3) is 33.6 Å². The Morgan fingerprint density at radius 2 is 1.79 bits per heavy atom. The number of esters is 1. The average Bonchev–Trinajstić information content (AvgIpc) is 3.73. The standard InChI is InChI=1S/C37H37Cl2N5O4/c1-47-36-23(19-41-31-15-17-48-37(31)46)9-12-30(44-36)28-6-3-5-26(33(28)38)27-14-16-40-35(34(27)39)22-8-11-25-21(18-22)4-2-7-29(25)42-20-24-10-13-32(45)43-24/h3,5-6,8-9,11-12,14,16,18,24,29,31,41-42H,2,4,7,10,13,15,17,19-20H2,1H3,(H,43,45)/t24-,29-,31-/m0/s1. The molecule has 1 amide bonds. The van der Waals surface area contributed by atoms with Crippen LogP contribution in [0.4, 0.5) is 0 Å². The molecule has 0 spiro atoms. The van der Waals surface area contributed by atoms with Gasteiger partial charge in [0, 0.05) is 72.0 Å². The lowest BCUT2D eigenvalue weighted by Gasteiger charge is -2.28. The second-order valence-electron chi connectivity index (χ2n) is 12.5. The third kappa shape index (κ3) is 6.65. The van der Waals surface area contributed by atoms with Gasteiger partial charge < -0.3 is 20.1 Å². The SMILES string of the molecule is COc1nc(-c2cccc(-c3ccnc(-c4ccc5c(c4)CCC[C@@H]5NC[C@@H]4CCC(=O)N4)c3Cl)c2Cl)ccc1CN[C@H]1CCOC1=O. The fraction of sp³-hybridized carbons (Fsp3) is 0.351. The van der Waals surface area contributed by atoms with Crippen LogP contribution < -0.4 is 20.7 Å². The first kappa shape index (κ1) is 32.5. The summed E-state index contributed by atoms with van der Waals surface area (Å²) >= 11 is 14.2. The van der Waals surface area contributed by atoms with Gasteiger partial charge in [-0.25, -0.2) is 4.98 Å². The summed E-state index contributed by atoms with van der Waals surface area (Å²) in [5.74, 6) is 0.355. The Morgan fingerprint density at radius 1 is 0.938 bits per heavy atom. The Bertz CT molecular complexity index is 1870. The van der Waals surface area contributed by atoms with Gasteiger partial charge in [0.1, 0.15) is 6.04 Å². The van der Waals surface area contributed by atoms with E-state index in [-0.39, 0.29) is 30.0 Å². The molecule has 2 aliphatic heterocycles. The quantitative estimate of drug-likeness (QED) is 0.163. The van der Waals surface area contributed by atoms with E-state index in [1.165, 1.54) is 11.1 Å². The molecule has 2 fully saturated rings. The summed E-state index contributed by atoms with van der Waals surface area (Å²) in [5, 5.41) is 11.0. The highest BCUT2D eigenvalue weighted by Crippen LogP contribution is 2.42. The van der Waals surface area contributed by atoms with Gasteiger partial charge in [0.25, 0.3) is 0 Å². The highest BCUT2D eigenvalue weighted by molar-refractivity contribution is 6.39. The molecule has 2 aromatic carbocycles. The smallest absolute Gasteiger partial charge is 0.323 e. The van der Waals surface area contributed by atoms with E-state index in [0.29, 0.717) is 53.3 Å². The molecule has 248 valence electrons. The largest absolute Gasteiger partial charge is 0.481 e. The Labute approximate surface area is 289 Å². The summed E-state index contributed by atoms with van der Waals surface area (Å²) in [6, 6.07) is 18.1. The Kier molecular flexibility index (Phi) is 9.64. The first-order valence-corrected chi connectivity index (χ1v) is 17.2. The van der Waals surface area contributed by atoms with Gasteiger partial charge in [-0.2, -0.15) is 0 Å². The van der Waals surface area contributed by atoms with Crippen molar-refractivity contribution >= 4 is 35.1 Å². The molecule has 3 N–H and O–H groups in total. The minimum Gasteiger partial charge on any atom is -0.481 e. The second-order valence-corrected chi connectivity index (χ2v) is 13.3. The number of benzene rings is 2. The van der Waals surface area contributed by atoms with Gasteiger partial charge in [-0.05, 0) is 55.0 Å². The van der Waals surface area contributed by atoms with E-state index in [1.54, 1.807) is 13.3 Å². The van der Waals surface area contributed by atoms with E-state index in [4.69, 9.17) is 42.6 Å². The Morgan fingerprint density at radius 3 is 2.58 bits per heavy atom. The van der Waals surface area contributed by atoms with Gasteiger partial charge in [-0.1, -0.05) is 59.6 Å². The van der Waals surface area contributed by atoms with Crippen LogP contribution in [0.3, 0.4) is 0 Å². The molecule has 0 saturated carbocycles. The Balaban J connectivity index is 1.13. The van der Waals surface area contributed by atoms with Crippen LogP contribution in [0.15, 0.2) is 60.8 Å². The third-order valence-electron chi connectivity index (χ3n) is 9.49. The lowest BCUT2D eigenvalue weighted by Crippen LogP contribution is -2.38. The number of hydrogen-bond acceptors (Lipinski definition) is 8. The van der Waals surface area contributed by atoms with E-state index < -0.39 is 0 Å². The number of carbonyl (C=O) groups excluding carboxylic acids is 2. The van der Waals surface area contributed by atoms with Crippen molar-refractivity contribution < 1.29 is 19.1 Å². The molecule has 48 heavy (non-hydrogen) atoms. The number of fused-ring (bicyclic) bond motifs is 1. The zero-order valence-corrected chi connectivity index (χ0v) is 28.2. The third-order valence-corrected chi connectivity index (χ3v) is 10.3. The Hall–Kier alpha value is -4.02. The maximum atomic E-state index is 11.9. The number of rotatable bonds is 10. The van der Waals surface area contributed by atoms with E-state index in [9.17, 15) is 9.59 Å². The van der Waals surface area contributed by atoms with Gasteiger partial charge in [-0.3, -0.25) is 19.9 Å². The molecule has 1 aliphatic carbocycles. The molecule has 0 radical (unpaired) electrons. The van der Waals surface area contributed by atoms with Crippen LogP contribution in [-0.4, -0.2) is 54.2 Å². The number of ether oxygens (including phenoxy) is 2. The number of pyridine rings is 2. The predicted molar refractivity (Wildman–Crippen MR) is 186 cm³/mol. The highest BCUT2D eigenvalue weighted by Gasteiger charge is 2.27. The summed E-state index contributed by atoms with van der Waals surface area (Å²) in [5.41, 5.74) is 8.01. The molecule has 9 nitrogen and oxygen atoms in total. The maximum absolute atomic E-state index is 11.9. The van der Waals surface area contributed by atoms with Gasteiger partial charge >= 0.3 is 5.97 Å². The number of cyclic esters (lactones) is 1. The van der Waals surface area contributed by atoms with Gasteiger partial charge in [0.15, 0.2) is 0 Å². The van der Waals surface area contributed by atoms with E-state index in [1.807, 2.05) is 36.4 Å². The number of hydrogen-bond donors (Lipinski definition) is 3. The minimum absolute atomic E-state index is 0.139. The van der Waals surface area contributed by atoms with Crippen molar-refractivity contribution in [3.05, 3.63) is 87.5 Å². The average molecular weight is 687 g/mol. The van der Waals surface area contributed by atoms with Crippen LogP contribution >= 0.6 is 23.2 Å². The maximum Gasteiger partial charge on any atom is 0.323 e. The number of aromatic nitrogens is 2. The van der Waals surface area contributed by atoms with Crippen molar-refractivity contribution in [2.75, 3.05) is 20.3 Å². The van der Waals surface area contributed by atoms with Crippen LogP contribution in [0.5, 0.6) is 5.88 Å². The molecule has 4 aromatic rings. The zero-order valence-electron chi connectivity index (χ0n) is 26.7. The predicted octanol–water partition coefficient (Wildman–Crippen LogP) is 6.44. The minimum atomic E-state index is -0.330. The van der Waals surface area contributed by atoms with Crippen LogP contribution in [0.2, 0.25) is 10.0 Å². The van der Waals surface area contributed by atoms with Crippen LogP contribution in [0.1, 0.15) is 54.8 Å². The van der Waals surface area contributed by atoms with Crippen molar-refractivity contribution in [1.82, 2.24) is 25.9 Å². The number of methoxy groups -OCH3 is 1. The molecule has 2 saturated heterocycles. The molecular weight excluding hydrogens is 649 g/mol. The molecular formula is C37H37Cl2N5O4. The van der Waals surface area contributed by atoms with Crippen molar-refractivity contribution in [3.8, 4) is 39.5 Å². The van der Waals surface area contributed by atoms with Gasteiger partial charge in [0.2, 0.25) is 11.8 Å². The summed E-state index contributed by atoms with van der Waals surface area (Å²) in [4.78, 5) is 33.0. The molecule has 3 atom stereocenters. The summed E-state index contributed by atoms with van der Waals surface area (Å²) in [6.45, 7) is 1.62. The first-order valence-electron chi connectivity index (χ1n) is 16.4. The zero-order chi connectivity index (χ0) is 33.2. The van der Waals surface area contributed by atoms with Crippen molar-refractivity contribution in [2.45, 2.75) is 63.2 Å². The number of aryl methyl sites for hydroxylation is 1. The summed E-state index contributed by atoms with van der Waals surface area (Å²) in [6.07, 6.45) is 7.04. The lowest BCUT2D eigenvalue weighted by molar-refractivity contribution is -0.139. The molecule has 7 rings (SSSR count). The van der Waals surface area contributed by atoms with Gasteiger partial charge in [-0.15, -0.1) is 0 Å². The topological polar surface area (TPSA) is 114 Å². The fourth-order valence-electron chi connectivity index (χ4n) is 6.92.